The molecule has 136 valence electrons. The van der Waals surface area contributed by atoms with Crippen molar-refractivity contribution in [2.75, 3.05) is 32.0 Å². The first-order valence-corrected chi connectivity index (χ1v) is 7.90. The highest BCUT2D eigenvalue weighted by Crippen LogP contribution is 2.40. The average Bonchev–Trinajstić information content (AvgIpc) is 2.67. The largest absolute Gasteiger partial charge is 0.493 e. The molecule has 26 heavy (non-hydrogen) atoms. The van der Waals surface area contributed by atoms with Crippen molar-refractivity contribution in [3.63, 3.8) is 0 Å². The second-order valence-corrected chi connectivity index (χ2v) is 5.46. The lowest BCUT2D eigenvalue weighted by Gasteiger charge is -2.18. The second kappa shape index (κ2) is 8.62. The number of carbonyl (C=O) groups is 1. The molecule has 7 heteroatoms. The van der Waals surface area contributed by atoms with Crippen LogP contribution in [-0.2, 0) is 4.79 Å². The highest BCUT2D eigenvalue weighted by Gasteiger charge is 2.17. The van der Waals surface area contributed by atoms with Crippen LogP contribution in [-0.4, -0.2) is 33.3 Å². The molecular weight excluding hydrogens is 334 g/mol. The van der Waals surface area contributed by atoms with Crippen molar-refractivity contribution in [2.24, 2.45) is 0 Å². The summed E-state index contributed by atoms with van der Waals surface area (Å²) in [5.41, 5.74) is 1.69. The maximum Gasteiger partial charge on any atom is 0.246 e. The Balaban J connectivity index is 2.14. The van der Waals surface area contributed by atoms with E-state index in [4.69, 9.17) is 19.5 Å². The van der Waals surface area contributed by atoms with Gasteiger partial charge in [0, 0.05) is 23.5 Å². The molecule has 2 aromatic carbocycles. The number of anilines is 2. The molecule has 0 saturated heterocycles. The number of carbonyl (C=O) groups excluding carboxylic acids is 1. The summed E-state index contributed by atoms with van der Waals surface area (Å²) in [6.45, 7) is 1.73. The normalized spacial score (nSPS) is 11.0. The molecule has 0 saturated carbocycles. The van der Waals surface area contributed by atoms with Crippen LogP contribution >= 0.6 is 0 Å². The van der Waals surface area contributed by atoms with E-state index < -0.39 is 6.04 Å². The number of methoxy groups -OCH3 is 3. The number of nitriles is 1. The Morgan fingerprint density at radius 1 is 1.04 bits per heavy atom. The van der Waals surface area contributed by atoms with Gasteiger partial charge in [0.1, 0.15) is 6.04 Å². The first-order chi connectivity index (χ1) is 12.5. The van der Waals surface area contributed by atoms with E-state index in [0.717, 1.165) is 0 Å². The second-order valence-electron chi connectivity index (χ2n) is 5.46. The molecule has 0 aliphatic carbocycles. The van der Waals surface area contributed by atoms with Crippen LogP contribution in [0.3, 0.4) is 0 Å². The molecule has 0 radical (unpaired) electrons. The van der Waals surface area contributed by atoms with Gasteiger partial charge < -0.3 is 24.8 Å². The third kappa shape index (κ3) is 4.36. The van der Waals surface area contributed by atoms with E-state index in [1.807, 2.05) is 6.07 Å². The minimum Gasteiger partial charge on any atom is -0.493 e. The number of rotatable bonds is 7. The Labute approximate surface area is 152 Å². The van der Waals surface area contributed by atoms with Crippen molar-refractivity contribution in [3.05, 3.63) is 42.0 Å². The zero-order chi connectivity index (χ0) is 19.1. The summed E-state index contributed by atoms with van der Waals surface area (Å²) < 4.78 is 15.9. The van der Waals surface area contributed by atoms with Crippen LogP contribution in [0.2, 0.25) is 0 Å². The van der Waals surface area contributed by atoms with Gasteiger partial charge in [-0.2, -0.15) is 5.26 Å². The smallest absolute Gasteiger partial charge is 0.246 e. The first-order valence-electron chi connectivity index (χ1n) is 7.90. The number of hydrogen-bond acceptors (Lipinski definition) is 6. The van der Waals surface area contributed by atoms with Crippen LogP contribution in [0.5, 0.6) is 17.2 Å². The Morgan fingerprint density at radius 3 is 2.23 bits per heavy atom. The zero-order valence-corrected chi connectivity index (χ0v) is 15.1. The van der Waals surface area contributed by atoms with Crippen molar-refractivity contribution in [2.45, 2.75) is 13.0 Å². The molecule has 1 unspecified atom stereocenters. The predicted molar refractivity (Wildman–Crippen MR) is 99.0 cm³/mol. The summed E-state index contributed by atoms with van der Waals surface area (Å²) in [5, 5.41) is 14.8. The first kappa shape index (κ1) is 18.9. The number of benzene rings is 2. The molecule has 7 nitrogen and oxygen atoms in total. The lowest BCUT2D eigenvalue weighted by molar-refractivity contribution is -0.116. The van der Waals surface area contributed by atoms with Gasteiger partial charge in [0.2, 0.25) is 11.7 Å². The molecule has 0 aliphatic rings. The third-order valence-corrected chi connectivity index (χ3v) is 3.70. The van der Waals surface area contributed by atoms with Crippen LogP contribution in [0.25, 0.3) is 0 Å². The lowest BCUT2D eigenvalue weighted by Crippen LogP contribution is -2.31. The number of hydrogen-bond donors (Lipinski definition) is 2. The summed E-state index contributed by atoms with van der Waals surface area (Å²) in [4.78, 5) is 12.4. The maximum absolute atomic E-state index is 12.4. The van der Waals surface area contributed by atoms with E-state index in [2.05, 4.69) is 10.6 Å². The van der Waals surface area contributed by atoms with E-state index in [1.54, 1.807) is 43.3 Å². The van der Waals surface area contributed by atoms with Gasteiger partial charge in [-0.15, -0.1) is 0 Å². The zero-order valence-electron chi connectivity index (χ0n) is 15.1. The van der Waals surface area contributed by atoms with Crippen molar-refractivity contribution < 1.29 is 19.0 Å². The topological polar surface area (TPSA) is 92.6 Å². The van der Waals surface area contributed by atoms with E-state index in [-0.39, 0.29) is 5.91 Å². The highest BCUT2D eigenvalue weighted by molar-refractivity contribution is 5.96. The molecule has 0 heterocycles. The molecule has 1 atom stereocenters. The molecule has 2 rings (SSSR count). The van der Waals surface area contributed by atoms with Crippen molar-refractivity contribution in [3.8, 4) is 23.3 Å². The summed E-state index contributed by atoms with van der Waals surface area (Å²) in [5.74, 6) is 1.21. The Hall–Kier alpha value is -3.40. The summed E-state index contributed by atoms with van der Waals surface area (Å²) in [7, 11) is 4.58. The third-order valence-electron chi connectivity index (χ3n) is 3.70. The predicted octanol–water partition coefficient (Wildman–Crippen LogP) is 3.02. The minimum atomic E-state index is -0.538. The van der Waals surface area contributed by atoms with Crippen LogP contribution in [0.15, 0.2) is 36.4 Å². The monoisotopic (exact) mass is 355 g/mol. The average molecular weight is 355 g/mol. The van der Waals surface area contributed by atoms with Gasteiger partial charge in [0.05, 0.1) is 33.0 Å². The van der Waals surface area contributed by atoms with E-state index in [0.29, 0.717) is 34.2 Å². The molecule has 2 aromatic rings. The molecule has 2 N–H and O–H groups in total. The molecule has 0 fully saturated rings. The van der Waals surface area contributed by atoms with Gasteiger partial charge in [-0.3, -0.25) is 4.79 Å². The van der Waals surface area contributed by atoms with Gasteiger partial charge in [0.25, 0.3) is 0 Å². The maximum atomic E-state index is 12.4. The van der Waals surface area contributed by atoms with Crippen molar-refractivity contribution in [1.82, 2.24) is 0 Å². The van der Waals surface area contributed by atoms with Crippen molar-refractivity contribution in [1.29, 1.82) is 5.26 Å². The summed E-state index contributed by atoms with van der Waals surface area (Å²) in [6, 6.07) is 11.7. The van der Waals surface area contributed by atoms with Gasteiger partial charge >= 0.3 is 0 Å². The van der Waals surface area contributed by atoms with E-state index in [1.165, 1.54) is 21.3 Å². The quantitative estimate of drug-likeness (QED) is 0.793. The van der Waals surface area contributed by atoms with Crippen LogP contribution < -0.4 is 24.8 Å². The molecule has 0 aliphatic heterocycles. The number of nitrogens with one attached hydrogen (secondary N) is 2. The Kier molecular flexibility index (Phi) is 6.28. The Morgan fingerprint density at radius 2 is 1.69 bits per heavy atom. The van der Waals surface area contributed by atoms with Gasteiger partial charge in [-0.25, -0.2) is 0 Å². The van der Waals surface area contributed by atoms with Gasteiger partial charge in [0.15, 0.2) is 11.5 Å². The molecule has 1 amide bonds. The lowest BCUT2D eigenvalue weighted by atomic mass is 10.2. The van der Waals surface area contributed by atoms with Crippen molar-refractivity contribution >= 4 is 17.3 Å². The molecular formula is C19H21N3O4. The van der Waals surface area contributed by atoms with Crippen LogP contribution in [0.4, 0.5) is 11.4 Å². The summed E-state index contributed by atoms with van der Waals surface area (Å²) >= 11 is 0. The Bertz CT molecular complexity index is 805. The molecule has 0 spiro atoms. The standard InChI is InChI=1S/C19H21N3O4/c1-12(19(23)22-14-7-5-6-13(8-14)11-20)21-15-9-16(24-2)18(26-4)17(10-15)25-3/h5-10,12,21H,1-4H3,(H,22,23). The SMILES string of the molecule is COc1cc(NC(C)C(=O)Nc2cccc(C#N)c2)cc(OC)c1OC. The highest BCUT2D eigenvalue weighted by atomic mass is 16.5. The fraction of sp³-hybridized carbons (Fsp3) is 0.263. The summed E-state index contributed by atoms with van der Waals surface area (Å²) in [6.07, 6.45) is 0. The number of amides is 1. The van der Waals surface area contributed by atoms with Crippen LogP contribution in [0, 0.1) is 11.3 Å². The minimum absolute atomic E-state index is 0.242. The number of ether oxygens (including phenoxy) is 3. The van der Waals surface area contributed by atoms with Gasteiger partial charge in [-0.1, -0.05) is 6.07 Å². The van der Waals surface area contributed by atoms with E-state index >= 15 is 0 Å². The van der Waals surface area contributed by atoms with Crippen LogP contribution in [0.1, 0.15) is 12.5 Å². The molecule has 0 aromatic heterocycles. The van der Waals surface area contributed by atoms with E-state index in [9.17, 15) is 4.79 Å². The fourth-order valence-corrected chi connectivity index (χ4v) is 2.40. The van der Waals surface area contributed by atoms with Gasteiger partial charge in [-0.05, 0) is 25.1 Å². The fourth-order valence-electron chi connectivity index (χ4n) is 2.40. The number of nitrogens with zero attached hydrogens (tertiary/aromatic N) is 1. The molecule has 0 bridgehead atoms.